The summed E-state index contributed by atoms with van der Waals surface area (Å²) < 4.78 is 9.44. The van der Waals surface area contributed by atoms with Crippen LogP contribution in [0.5, 0.6) is 5.75 Å². The number of carbonyl (C=O) groups is 1. The Hall–Kier alpha value is -2.73. The highest BCUT2D eigenvalue weighted by atomic mass is 35.5. The van der Waals surface area contributed by atoms with Gasteiger partial charge >= 0.3 is 5.95 Å². The van der Waals surface area contributed by atoms with Crippen molar-refractivity contribution in [2.75, 3.05) is 12.3 Å². The van der Waals surface area contributed by atoms with Crippen molar-refractivity contribution in [3.63, 3.8) is 0 Å². The topological polar surface area (TPSA) is 87.2 Å². The van der Waals surface area contributed by atoms with Crippen molar-refractivity contribution in [1.82, 2.24) is 4.57 Å². The first kappa shape index (κ1) is 18.6. The number of nitrogens with zero attached hydrogens (tertiary/aromatic N) is 2. The standard InChI is InChI=1S/C18H20N4O2.ClH/c1-13-6-8-14(9-7-13)24-11-10-21-15-4-2-3-5-16(15)22(18(21)20)12-17(19)23;/h2-9,20H,10-12H2,1H3,(H2,19,23);1H. The molecule has 1 amide bonds. The van der Waals surface area contributed by atoms with Gasteiger partial charge in [-0.15, -0.1) is 0 Å². The number of primary amides is 1. The fraction of sp³-hybridized carbons (Fsp3) is 0.222. The molecule has 0 bridgehead atoms. The molecule has 0 aliphatic heterocycles. The zero-order valence-electron chi connectivity index (χ0n) is 14.0. The first-order chi connectivity index (χ1) is 11.6. The van der Waals surface area contributed by atoms with Crippen LogP contribution < -0.4 is 33.2 Å². The second-order valence-electron chi connectivity index (χ2n) is 5.71. The van der Waals surface area contributed by atoms with E-state index in [1.165, 1.54) is 5.56 Å². The number of anilines is 1. The maximum absolute atomic E-state index is 11.3. The van der Waals surface area contributed by atoms with Crippen molar-refractivity contribution in [3.05, 3.63) is 54.1 Å². The third kappa shape index (κ3) is 4.03. The third-order valence-corrected chi connectivity index (χ3v) is 3.93. The Morgan fingerprint density at radius 2 is 1.84 bits per heavy atom. The first-order valence-corrected chi connectivity index (χ1v) is 7.80. The van der Waals surface area contributed by atoms with Crippen LogP contribution in [0.2, 0.25) is 0 Å². The number of fused-ring (bicyclic) bond motifs is 1. The molecule has 2 aromatic carbocycles. The van der Waals surface area contributed by atoms with Gasteiger partial charge in [0.1, 0.15) is 29.9 Å². The lowest BCUT2D eigenvalue weighted by molar-refractivity contribution is -0.644. The second kappa shape index (κ2) is 7.90. The number of halogens is 1. The molecule has 0 aliphatic rings. The molecule has 1 heterocycles. The predicted molar refractivity (Wildman–Crippen MR) is 92.4 cm³/mol. The minimum Gasteiger partial charge on any atom is -1.00 e. The number of benzene rings is 2. The third-order valence-electron chi connectivity index (χ3n) is 3.93. The van der Waals surface area contributed by atoms with Gasteiger partial charge in [-0.1, -0.05) is 29.8 Å². The summed E-state index contributed by atoms with van der Waals surface area (Å²) in [6, 6.07) is 15.6. The number of rotatable bonds is 6. The van der Waals surface area contributed by atoms with E-state index in [1.54, 1.807) is 4.57 Å². The maximum Gasteiger partial charge on any atom is 0.356 e. The smallest absolute Gasteiger partial charge is 0.356 e. The number of amides is 1. The van der Waals surface area contributed by atoms with E-state index in [0.29, 0.717) is 19.1 Å². The monoisotopic (exact) mass is 360 g/mol. The number of carbonyl (C=O) groups excluding carboxylic acids is 1. The average molecular weight is 361 g/mol. The normalized spacial score (nSPS) is 10.4. The number of aryl methyl sites for hydroxylation is 1. The van der Waals surface area contributed by atoms with Gasteiger partial charge in [0.05, 0.1) is 0 Å². The molecule has 3 aromatic rings. The van der Waals surface area contributed by atoms with E-state index in [0.717, 1.165) is 16.8 Å². The summed E-state index contributed by atoms with van der Waals surface area (Å²) in [5.74, 6) is 0.883. The van der Waals surface area contributed by atoms with Gasteiger partial charge in [0.15, 0.2) is 6.54 Å². The Bertz CT molecular complexity index is 875. The molecule has 0 radical (unpaired) electrons. The summed E-state index contributed by atoms with van der Waals surface area (Å²) in [5.41, 5.74) is 14.6. The summed E-state index contributed by atoms with van der Waals surface area (Å²) >= 11 is 0. The van der Waals surface area contributed by atoms with Gasteiger partial charge in [-0.2, -0.15) is 0 Å². The van der Waals surface area contributed by atoms with Gasteiger partial charge < -0.3 is 22.9 Å². The molecule has 25 heavy (non-hydrogen) atoms. The number of imidazole rings is 1. The number of hydrogen-bond acceptors (Lipinski definition) is 3. The van der Waals surface area contributed by atoms with E-state index in [1.807, 2.05) is 60.0 Å². The van der Waals surface area contributed by atoms with Gasteiger partial charge in [-0.05, 0) is 31.2 Å². The molecule has 0 fully saturated rings. The molecule has 4 N–H and O–H groups in total. The highest BCUT2D eigenvalue weighted by Crippen LogP contribution is 2.17. The van der Waals surface area contributed by atoms with Crippen LogP contribution in [0.1, 0.15) is 5.56 Å². The number of para-hydroxylation sites is 2. The largest absolute Gasteiger partial charge is 1.00 e. The summed E-state index contributed by atoms with van der Waals surface area (Å²) in [7, 11) is 0. The van der Waals surface area contributed by atoms with Crippen LogP contribution in [0.3, 0.4) is 0 Å². The zero-order chi connectivity index (χ0) is 17.1. The number of nitrogens with two attached hydrogens (primary N) is 2. The van der Waals surface area contributed by atoms with Crippen LogP contribution in [-0.2, 0) is 17.9 Å². The summed E-state index contributed by atoms with van der Waals surface area (Å²) in [6.45, 7) is 3.14. The molecule has 3 rings (SSSR count). The molecule has 0 unspecified atom stereocenters. The Labute approximate surface area is 152 Å². The number of aromatic nitrogens is 2. The highest BCUT2D eigenvalue weighted by molar-refractivity contribution is 5.76. The molecule has 7 heteroatoms. The van der Waals surface area contributed by atoms with Gasteiger partial charge in [0, 0.05) is 0 Å². The fourth-order valence-electron chi connectivity index (χ4n) is 2.76. The number of hydrogen-bond donors (Lipinski definition) is 2. The quantitative estimate of drug-likeness (QED) is 0.518. The fourth-order valence-corrected chi connectivity index (χ4v) is 2.76. The molecule has 0 aliphatic carbocycles. The van der Waals surface area contributed by atoms with Crippen LogP contribution in [0.15, 0.2) is 48.5 Å². The van der Waals surface area contributed by atoms with E-state index in [9.17, 15) is 4.79 Å². The Morgan fingerprint density at radius 1 is 1.16 bits per heavy atom. The van der Waals surface area contributed by atoms with Gasteiger partial charge in [-0.3, -0.25) is 10.5 Å². The van der Waals surface area contributed by atoms with Crippen molar-refractivity contribution < 1.29 is 26.5 Å². The first-order valence-electron chi connectivity index (χ1n) is 7.80. The average Bonchev–Trinajstić information content (AvgIpc) is 2.82. The Morgan fingerprint density at radius 3 is 2.52 bits per heavy atom. The van der Waals surface area contributed by atoms with Crippen molar-refractivity contribution in [2.24, 2.45) is 5.73 Å². The molecule has 6 nitrogen and oxygen atoms in total. The maximum atomic E-state index is 11.3. The van der Waals surface area contributed by atoms with Gasteiger partial charge in [0.25, 0.3) is 5.91 Å². The van der Waals surface area contributed by atoms with Crippen molar-refractivity contribution in [2.45, 2.75) is 20.0 Å². The molecular formula is C18H21ClN4O2. The lowest BCUT2D eigenvalue weighted by Gasteiger charge is -2.06. The zero-order valence-corrected chi connectivity index (χ0v) is 14.7. The van der Waals surface area contributed by atoms with E-state index in [-0.39, 0.29) is 19.0 Å². The molecule has 0 saturated heterocycles. The van der Waals surface area contributed by atoms with Crippen molar-refractivity contribution in [3.8, 4) is 5.75 Å². The van der Waals surface area contributed by atoms with Crippen LogP contribution >= 0.6 is 0 Å². The SMILES string of the molecule is Cc1ccc(OCCn2c(N)[n+](CC(N)=O)c3ccccc32)cc1.[Cl-]. The van der Waals surface area contributed by atoms with E-state index in [4.69, 9.17) is 16.2 Å². The van der Waals surface area contributed by atoms with Gasteiger partial charge in [0.2, 0.25) is 0 Å². The Kier molecular flexibility index (Phi) is 5.88. The second-order valence-corrected chi connectivity index (χ2v) is 5.71. The molecular weight excluding hydrogens is 340 g/mol. The predicted octanol–water partition coefficient (Wildman–Crippen LogP) is -1.61. The van der Waals surface area contributed by atoms with Crippen LogP contribution in [0, 0.1) is 6.92 Å². The number of ether oxygens (including phenoxy) is 1. The van der Waals surface area contributed by atoms with E-state index in [2.05, 4.69) is 0 Å². The van der Waals surface area contributed by atoms with Crippen molar-refractivity contribution >= 4 is 22.9 Å². The minimum absolute atomic E-state index is 0. The van der Waals surface area contributed by atoms with Crippen LogP contribution in [0.4, 0.5) is 5.95 Å². The lowest BCUT2D eigenvalue weighted by Crippen LogP contribution is -3.00. The molecule has 132 valence electrons. The molecule has 0 atom stereocenters. The summed E-state index contributed by atoms with van der Waals surface area (Å²) in [4.78, 5) is 11.3. The van der Waals surface area contributed by atoms with E-state index < -0.39 is 5.91 Å². The Balaban J connectivity index is 0.00000225. The highest BCUT2D eigenvalue weighted by Gasteiger charge is 2.21. The van der Waals surface area contributed by atoms with Crippen LogP contribution in [-0.4, -0.2) is 17.1 Å². The molecule has 0 saturated carbocycles. The van der Waals surface area contributed by atoms with Crippen molar-refractivity contribution in [1.29, 1.82) is 0 Å². The summed E-state index contributed by atoms with van der Waals surface area (Å²) in [5, 5.41) is 0. The van der Waals surface area contributed by atoms with E-state index >= 15 is 0 Å². The summed E-state index contributed by atoms with van der Waals surface area (Å²) in [6.07, 6.45) is 0. The molecule has 1 aromatic heterocycles. The minimum atomic E-state index is -0.425. The lowest BCUT2D eigenvalue weighted by atomic mass is 10.2. The van der Waals surface area contributed by atoms with Gasteiger partial charge in [-0.25, -0.2) is 9.13 Å². The van der Waals surface area contributed by atoms with Crippen LogP contribution in [0.25, 0.3) is 11.0 Å². The number of nitrogen functional groups attached to an aromatic ring is 1. The molecule has 0 spiro atoms.